The van der Waals surface area contributed by atoms with Gasteiger partial charge in [-0.2, -0.15) is 0 Å². The minimum absolute atomic E-state index is 0.0537. The summed E-state index contributed by atoms with van der Waals surface area (Å²) in [5.74, 6) is 0.263. The highest BCUT2D eigenvalue weighted by molar-refractivity contribution is 7.92. The van der Waals surface area contributed by atoms with Crippen LogP contribution in [0.25, 0.3) is 0 Å². The summed E-state index contributed by atoms with van der Waals surface area (Å²) in [7, 11) is -3.45. The number of nitrogens with zero attached hydrogens (tertiary/aromatic N) is 1. The molecule has 0 atom stereocenters. The summed E-state index contributed by atoms with van der Waals surface area (Å²) in [6, 6.07) is 1.48. The molecule has 0 bridgehead atoms. The highest BCUT2D eigenvalue weighted by Gasteiger charge is 2.27. The van der Waals surface area contributed by atoms with E-state index in [0.29, 0.717) is 6.29 Å². The Balaban J connectivity index is 2.37. The second-order valence-electron chi connectivity index (χ2n) is 3.89. The molecule has 1 aromatic heterocycles. The number of hydrogen-bond acceptors (Lipinski definition) is 5. The summed E-state index contributed by atoms with van der Waals surface area (Å²) in [6.07, 6.45) is 4.86. The average Bonchev–Trinajstić information content (AvgIpc) is 3.02. The molecule has 1 fully saturated rings. The van der Waals surface area contributed by atoms with Crippen molar-refractivity contribution in [3.8, 4) is 5.75 Å². The van der Waals surface area contributed by atoms with Crippen molar-refractivity contribution >= 4 is 22.1 Å². The zero-order chi connectivity index (χ0) is 12.5. The first-order valence-electron chi connectivity index (χ1n) is 5.08. The molecule has 0 amide bonds. The molecule has 1 aliphatic rings. The van der Waals surface area contributed by atoms with Gasteiger partial charge in [-0.25, -0.2) is 13.4 Å². The number of carbonyl (C=O) groups is 1. The molecular weight excluding hydrogens is 244 g/mol. The predicted molar refractivity (Wildman–Crippen MR) is 61.7 cm³/mol. The number of nitrogens with one attached hydrogen (secondary N) is 1. The fourth-order valence-corrected chi connectivity index (χ4v) is 1.78. The number of rotatable bonds is 5. The van der Waals surface area contributed by atoms with Gasteiger partial charge >= 0.3 is 0 Å². The lowest BCUT2D eigenvalue weighted by atomic mass is 10.2. The van der Waals surface area contributed by atoms with Crippen molar-refractivity contribution in [2.45, 2.75) is 18.9 Å². The van der Waals surface area contributed by atoms with Crippen molar-refractivity contribution in [1.82, 2.24) is 4.98 Å². The van der Waals surface area contributed by atoms with Gasteiger partial charge in [-0.3, -0.25) is 9.52 Å². The van der Waals surface area contributed by atoms with Crippen LogP contribution in [0.4, 0.5) is 5.82 Å². The van der Waals surface area contributed by atoms with E-state index in [1.54, 1.807) is 0 Å². The SMILES string of the molecule is CS(=O)(=O)Nc1nccc(C=O)c1OC1CC1. The van der Waals surface area contributed by atoms with E-state index >= 15 is 0 Å². The standard InChI is InChI=1S/C10H12N2O4S/c1-17(14,15)12-10-9(16-8-2-3-8)7(6-13)4-5-11-10/h4-6,8H,2-3H2,1H3,(H,11,12). The van der Waals surface area contributed by atoms with Crippen LogP contribution in [0.5, 0.6) is 5.75 Å². The Labute approximate surface area is 99.1 Å². The van der Waals surface area contributed by atoms with Crippen molar-refractivity contribution in [2.24, 2.45) is 0 Å². The second-order valence-corrected chi connectivity index (χ2v) is 5.64. The van der Waals surface area contributed by atoms with Crippen LogP contribution in [0.2, 0.25) is 0 Å². The molecule has 7 heteroatoms. The third-order valence-electron chi connectivity index (χ3n) is 2.15. The average molecular weight is 256 g/mol. The fraction of sp³-hybridized carbons (Fsp3) is 0.400. The topological polar surface area (TPSA) is 85.4 Å². The van der Waals surface area contributed by atoms with E-state index in [1.165, 1.54) is 12.3 Å². The Bertz CT molecular complexity index is 537. The lowest BCUT2D eigenvalue weighted by Gasteiger charge is -2.12. The van der Waals surface area contributed by atoms with Gasteiger partial charge in [0, 0.05) is 6.20 Å². The van der Waals surface area contributed by atoms with E-state index in [-0.39, 0.29) is 23.2 Å². The normalized spacial score (nSPS) is 15.4. The number of hydrogen-bond donors (Lipinski definition) is 1. The van der Waals surface area contributed by atoms with Crippen LogP contribution in [0.15, 0.2) is 12.3 Å². The predicted octanol–water partition coefficient (Wildman–Crippen LogP) is 0.807. The molecule has 0 saturated heterocycles. The second kappa shape index (κ2) is 4.33. The van der Waals surface area contributed by atoms with E-state index in [1.807, 2.05) is 0 Å². The van der Waals surface area contributed by atoms with Crippen molar-refractivity contribution in [3.63, 3.8) is 0 Å². The number of aldehydes is 1. The number of sulfonamides is 1. The third-order valence-corrected chi connectivity index (χ3v) is 2.72. The molecule has 6 nitrogen and oxygen atoms in total. The van der Waals surface area contributed by atoms with Crippen molar-refractivity contribution in [2.75, 3.05) is 11.0 Å². The maximum atomic E-state index is 11.2. The van der Waals surface area contributed by atoms with Crippen molar-refractivity contribution < 1.29 is 17.9 Å². The molecular formula is C10H12N2O4S. The van der Waals surface area contributed by atoms with E-state index in [4.69, 9.17) is 4.74 Å². The zero-order valence-corrected chi connectivity index (χ0v) is 10.0. The molecule has 0 aromatic carbocycles. The summed E-state index contributed by atoms with van der Waals surface area (Å²) in [4.78, 5) is 14.7. The van der Waals surface area contributed by atoms with Crippen LogP contribution in [-0.2, 0) is 10.0 Å². The molecule has 1 heterocycles. The highest BCUT2D eigenvalue weighted by atomic mass is 32.2. The molecule has 1 aliphatic carbocycles. The molecule has 0 spiro atoms. The minimum atomic E-state index is -3.45. The van der Waals surface area contributed by atoms with Gasteiger partial charge in [-0.15, -0.1) is 0 Å². The van der Waals surface area contributed by atoms with Crippen LogP contribution in [0.3, 0.4) is 0 Å². The lowest BCUT2D eigenvalue weighted by Crippen LogP contribution is -2.13. The molecule has 1 N–H and O–H groups in total. The maximum Gasteiger partial charge on any atom is 0.231 e. The fourth-order valence-electron chi connectivity index (χ4n) is 1.28. The lowest BCUT2D eigenvalue weighted by molar-refractivity contribution is 0.111. The Morgan fingerprint density at radius 3 is 2.76 bits per heavy atom. The molecule has 0 aliphatic heterocycles. The van der Waals surface area contributed by atoms with Gasteiger partial charge in [0.25, 0.3) is 0 Å². The Morgan fingerprint density at radius 2 is 2.24 bits per heavy atom. The summed E-state index contributed by atoms with van der Waals surface area (Å²) in [5.41, 5.74) is 0.290. The van der Waals surface area contributed by atoms with Crippen LogP contribution in [0.1, 0.15) is 23.2 Å². The van der Waals surface area contributed by atoms with Crippen LogP contribution < -0.4 is 9.46 Å². The van der Waals surface area contributed by atoms with E-state index in [9.17, 15) is 13.2 Å². The van der Waals surface area contributed by atoms with Crippen molar-refractivity contribution in [3.05, 3.63) is 17.8 Å². The van der Waals surface area contributed by atoms with Crippen LogP contribution >= 0.6 is 0 Å². The maximum absolute atomic E-state index is 11.2. The van der Waals surface area contributed by atoms with Gasteiger partial charge in [0.2, 0.25) is 10.0 Å². The van der Waals surface area contributed by atoms with Crippen molar-refractivity contribution in [1.29, 1.82) is 0 Å². The minimum Gasteiger partial charge on any atom is -0.486 e. The van der Waals surface area contributed by atoms with E-state index in [2.05, 4.69) is 9.71 Å². The molecule has 0 radical (unpaired) electrons. The first-order chi connectivity index (χ1) is 7.99. The number of anilines is 1. The summed E-state index contributed by atoms with van der Waals surface area (Å²) < 4.78 is 30.1. The number of carbonyl (C=O) groups excluding carboxylic acids is 1. The highest BCUT2D eigenvalue weighted by Crippen LogP contribution is 2.33. The zero-order valence-electron chi connectivity index (χ0n) is 9.21. The molecule has 2 rings (SSSR count). The summed E-state index contributed by atoms with van der Waals surface area (Å²) in [5, 5.41) is 0. The third kappa shape index (κ3) is 3.16. The number of ether oxygens (including phenoxy) is 1. The van der Waals surface area contributed by atoms with Gasteiger partial charge in [0.1, 0.15) is 0 Å². The van der Waals surface area contributed by atoms with Gasteiger partial charge in [0.05, 0.1) is 17.9 Å². The molecule has 0 unspecified atom stereocenters. The van der Waals surface area contributed by atoms with Gasteiger partial charge < -0.3 is 4.74 Å². The quantitative estimate of drug-likeness (QED) is 0.788. The number of aromatic nitrogens is 1. The Kier molecular flexibility index (Phi) is 3.01. The van der Waals surface area contributed by atoms with E-state index < -0.39 is 10.0 Å². The molecule has 1 aromatic rings. The smallest absolute Gasteiger partial charge is 0.231 e. The van der Waals surface area contributed by atoms with Gasteiger partial charge in [0.15, 0.2) is 17.9 Å². The van der Waals surface area contributed by atoms with Crippen LogP contribution in [-0.4, -0.2) is 32.0 Å². The molecule has 1 saturated carbocycles. The monoisotopic (exact) mass is 256 g/mol. The first kappa shape index (κ1) is 11.8. The van der Waals surface area contributed by atoms with Gasteiger partial charge in [-0.05, 0) is 18.9 Å². The largest absolute Gasteiger partial charge is 0.486 e. The molecule has 17 heavy (non-hydrogen) atoms. The summed E-state index contributed by atoms with van der Waals surface area (Å²) >= 11 is 0. The van der Waals surface area contributed by atoms with E-state index in [0.717, 1.165) is 19.1 Å². The summed E-state index contributed by atoms with van der Waals surface area (Å²) in [6.45, 7) is 0. The number of pyridine rings is 1. The van der Waals surface area contributed by atoms with Gasteiger partial charge in [-0.1, -0.05) is 0 Å². The Hall–Kier alpha value is -1.63. The first-order valence-corrected chi connectivity index (χ1v) is 6.97. The molecule has 92 valence electrons. The van der Waals surface area contributed by atoms with Crippen LogP contribution in [0, 0.1) is 0 Å². The Morgan fingerprint density at radius 1 is 1.53 bits per heavy atom.